The molecule has 0 aliphatic rings. The number of benzene rings is 1. The zero-order chi connectivity index (χ0) is 11.3. The fourth-order valence-electron chi connectivity index (χ4n) is 1.43. The SMILES string of the molecule is CCC(N)CN(C)c1cccc(OC)c1. The summed E-state index contributed by atoms with van der Waals surface area (Å²) in [6, 6.07) is 8.23. The van der Waals surface area contributed by atoms with Crippen LogP contribution in [0.15, 0.2) is 24.3 Å². The van der Waals surface area contributed by atoms with Crippen molar-refractivity contribution in [2.75, 3.05) is 25.6 Å². The first-order chi connectivity index (χ1) is 7.17. The second kappa shape index (κ2) is 5.61. The van der Waals surface area contributed by atoms with Gasteiger partial charge in [-0.25, -0.2) is 0 Å². The van der Waals surface area contributed by atoms with Crippen LogP contribution in [-0.2, 0) is 0 Å². The smallest absolute Gasteiger partial charge is 0.120 e. The van der Waals surface area contributed by atoms with E-state index in [4.69, 9.17) is 10.5 Å². The molecule has 1 aromatic rings. The normalized spacial score (nSPS) is 12.3. The Morgan fingerprint density at radius 2 is 2.20 bits per heavy atom. The van der Waals surface area contributed by atoms with Crippen molar-refractivity contribution < 1.29 is 4.74 Å². The molecule has 0 bridgehead atoms. The Morgan fingerprint density at radius 3 is 2.80 bits per heavy atom. The van der Waals surface area contributed by atoms with E-state index < -0.39 is 0 Å². The number of nitrogens with zero attached hydrogens (tertiary/aromatic N) is 1. The van der Waals surface area contributed by atoms with Gasteiger partial charge in [-0.2, -0.15) is 0 Å². The van der Waals surface area contributed by atoms with Crippen molar-refractivity contribution in [1.82, 2.24) is 0 Å². The topological polar surface area (TPSA) is 38.5 Å². The Bertz CT molecular complexity index is 301. The van der Waals surface area contributed by atoms with E-state index in [1.165, 1.54) is 0 Å². The van der Waals surface area contributed by atoms with Crippen molar-refractivity contribution in [3.05, 3.63) is 24.3 Å². The molecule has 0 aliphatic carbocycles. The molecule has 0 fully saturated rings. The van der Waals surface area contributed by atoms with E-state index in [0.29, 0.717) is 0 Å². The van der Waals surface area contributed by atoms with Gasteiger partial charge in [0.15, 0.2) is 0 Å². The summed E-state index contributed by atoms with van der Waals surface area (Å²) in [5.74, 6) is 0.879. The van der Waals surface area contributed by atoms with Crippen LogP contribution in [0.25, 0.3) is 0 Å². The monoisotopic (exact) mass is 208 g/mol. The van der Waals surface area contributed by atoms with Gasteiger partial charge in [0, 0.05) is 31.4 Å². The quantitative estimate of drug-likeness (QED) is 0.802. The van der Waals surface area contributed by atoms with Crippen LogP contribution in [0.5, 0.6) is 5.75 Å². The number of hydrogen-bond donors (Lipinski definition) is 1. The fraction of sp³-hybridized carbons (Fsp3) is 0.500. The lowest BCUT2D eigenvalue weighted by Gasteiger charge is -2.23. The van der Waals surface area contributed by atoms with E-state index in [9.17, 15) is 0 Å². The molecule has 0 spiro atoms. The van der Waals surface area contributed by atoms with Crippen LogP contribution in [0, 0.1) is 0 Å². The molecule has 1 rings (SSSR count). The molecular weight excluding hydrogens is 188 g/mol. The summed E-state index contributed by atoms with van der Waals surface area (Å²) in [5.41, 5.74) is 7.05. The Kier molecular flexibility index (Phi) is 4.43. The standard InChI is InChI=1S/C12H20N2O/c1-4-10(13)9-14(2)11-6-5-7-12(8-11)15-3/h5-8,10H,4,9,13H2,1-3H3. The molecular formula is C12H20N2O. The van der Waals surface area contributed by atoms with Crippen molar-refractivity contribution in [2.45, 2.75) is 19.4 Å². The Labute approximate surface area is 91.8 Å². The first kappa shape index (κ1) is 11.9. The molecule has 3 heteroatoms. The maximum absolute atomic E-state index is 5.91. The Hall–Kier alpha value is -1.22. The first-order valence-corrected chi connectivity index (χ1v) is 5.28. The maximum Gasteiger partial charge on any atom is 0.120 e. The van der Waals surface area contributed by atoms with Crippen molar-refractivity contribution in [2.24, 2.45) is 5.73 Å². The molecule has 15 heavy (non-hydrogen) atoms. The minimum absolute atomic E-state index is 0.223. The predicted molar refractivity (Wildman–Crippen MR) is 64.5 cm³/mol. The Balaban J connectivity index is 2.68. The van der Waals surface area contributed by atoms with Crippen LogP contribution >= 0.6 is 0 Å². The van der Waals surface area contributed by atoms with Crippen LogP contribution in [0.2, 0.25) is 0 Å². The second-order valence-corrected chi connectivity index (χ2v) is 3.75. The summed E-state index contributed by atoms with van der Waals surface area (Å²) >= 11 is 0. The van der Waals surface area contributed by atoms with Gasteiger partial charge in [-0.15, -0.1) is 0 Å². The van der Waals surface area contributed by atoms with Crippen LogP contribution in [-0.4, -0.2) is 26.7 Å². The van der Waals surface area contributed by atoms with E-state index >= 15 is 0 Å². The van der Waals surface area contributed by atoms with E-state index in [-0.39, 0.29) is 6.04 Å². The van der Waals surface area contributed by atoms with Gasteiger partial charge < -0.3 is 15.4 Å². The summed E-state index contributed by atoms with van der Waals surface area (Å²) in [5, 5.41) is 0. The molecule has 0 aromatic heterocycles. The van der Waals surface area contributed by atoms with Crippen molar-refractivity contribution in [3.63, 3.8) is 0 Å². The first-order valence-electron chi connectivity index (χ1n) is 5.28. The summed E-state index contributed by atoms with van der Waals surface area (Å²) in [4.78, 5) is 2.15. The van der Waals surface area contributed by atoms with Crippen LogP contribution in [0.3, 0.4) is 0 Å². The van der Waals surface area contributed by atoms with Crippen LogP contribution < -0.4 is 15.4 Å². The zero-order valence-corrected chi connectivity index (χ0v) is 9.73. The molecule has 0 aliphatic heterocycles. The fourth-order valence-corrected chi connectivity index (χ4v) is 1.43. The van der Waals surface area contributed by atoms with Gasteiger partial charge in [0.2, 0.25) is 0 Å². The van der Waals surface area contributed by atoms with Gasteiger partial charge >= 0.3 is 0 Å². The lowest BCUT2D eigenvalue weighted by atomic mass is 10.2. The number of methoxy groups -OCH3 is 1. The van der Waals surface area contributed by atoms with Gasteiger partial charge in [-0.05, 0) is 18.6 Å². The van der Waals surface area contributed by atoms with Crippen molar-refractivity contribution in [3.8, 4) is 5.75 Å². The van der Waals surface area contributed by atoms with Crippen molar-refractivity contribution >= 4 is 5.69 Å². The third kappa shape index (κ3) is 3.44. The number of likely N-dealkylation sites (N-methyl/N-ethyl adjacent to an activating group) is 1. The summed E-state index contributed by atoms with van der Waals surface area (Å²) in [7, 11) is 3.72. The Morgan fingerprint density at radius 1 is 1.47 bits per heavy atom. The third-order valence-corrected chi connectivity index (χ3v) is 2.53. The zero-order valence-electron chi connectivity index (χ0n) is 9.73. The molecule has 3 nitrogen and oxygen atoms in total. The number of anilines is 1. The average Bonchev–Trinajstić information content (AvgIpc) is 2.28. The minimum atomic E-state index is 0.223. The van der Waals surface area contributed by atoms with Gasteiger partial charge in [0.1, 0.15) is 5.75 Å². The molecule has 0 amide bonds. The number of nitrogens with two attached hydrogens (primary N) is 1. The summed E-state index contributed by atoms with van der Waals surface area (Å²) in [6.45, 7) is 2.97. The highest BCUT2D eigenvalue weighted by atomic mass is 16.5. The van der Waals surface area contributed by atoms with Crippen molar-refractivity contribution in [1.29, 1.82) is 0 Å². The average molecular weight is 208 g/mol. The molecule has 0 saturated carbocycles. The van der Waals surface area contributed by atoms with Crippen LogP contribution in [0.1, 0.15) is 13.3 Å². The number of hydrogen-bond acceptors (Lipinski definition) is 3. The highest BCUT2D eigenvalue weighted by molar-refractivity contribution is 5.50. The minimum Gasteiger partial charge on any atom is -0.497 e. The molecule has 0 radical (unpaired) electrons. The predicted octanol–water partition coefficient (Wildman–Crippen LogP) is 1.87. The lowest BCUT2D eigenvalue weighted by Crippen LogP contribution is -2.34. The lowest BCUT2D eigenvalue weighted by molar-refractivity contribution is 0.415. The van der Waals surface area contributed by atoms with E-state index in [0.717, 1.165) is 24.4 Å². The van der Waals surface area contributed by atoms with Gasteiger partial charge in [-0.3, -0.25) is 0 Å². The molecule has 84 valence electrons. The molecule has 1 atom stereocenters. The highest BCUT2D eigenvalue weighted by Crippen LogP contribution is 2.19. The second-order valence-electron chi connectivity index (χ2n) is 3.75. The maximum atomic E-state index is 5.91. The van der Waals surface area contributed by atoms with Gasteiger partial charge in [-0.1, -0.05) is 13.0 Å². The molecule has 1 unspecified atom stereocenters. The van der Waals surface area contributed by atoms with Gasteiger partial charge in [0.25, 0.3) is 0 Å². The molecule has 0 saturated heterocycles. The molecule has 2 N–H and O–H groups in total. The summed E-state index contributed by atoms with van der Waals surface area (Å²) in [6.07, 6.45) is 0.994. The molecule has 1 aromatic carbocycles. The number of rotatable bonds is 5. The molecule has 0 heterocycles. The number of ether oxygens (including phenoxy) is 1. The van der Waals surface area contributed by atoms with Gasteiger partial charge in [0.05, 0.1) is 7.11 Å². The van der Waals surface area contributed by atoms with Crippen LogP contribution in [0.4, 0.5) is 5.69 Å². The third-order valence-electron chi connectivity index (χ3n) is 2.53. The van der Waals surface area contributed by atoms with E-state index in [2.05, 4.69) is 17.9 Å². The van der Waals surface area contributed by atoms with E-state index in [1.54, 1.807) is 7.11 Å². The largest absolute Gasteiger partial charge is 0.497 e. The highest BCUT2D eigenvalue weighted by Gasteiger charge is 2.06. The summed E-state index contributed by atoms with van der Waals surface area (Å²) < 4.78 is 5.18. The van der Waals surface area contributed by atoms with E-state index in [1.807, 2.05) is 25.2 Å².